The highest BCUT2D eigenvalue weighted by molar-refractivity contribution is 9.10. The lowest BCUT2D eigenvalue weighted by Crippen LogP contribution is -2.30. The number of amides is 1. The van der Waals surface area contributed by atoms with Crippen LogP contribution in [0.3, 0.4) is 0 Å². The Hall–Kier alpha value is -2.05. The molecule has 0 unspecified atom stereocenters. The van der Waals surface area contributed by atoms with E-state index in [0.29, 0.717) is 28.1 Å². The summed E-state index contributed by atoms with van der Waals surface area (Å²) in [5.74, 6) is 0.974. The number of ether oxygens (including phenoxy) is 2. The minimum Gasteiger partial charge on any atom is -0.495 e. The minimum absolute atomic E-state index is 0.156. The molecular weight excluding hydrogens is 420 g/mol. The van der Waals surface area contributed by atoms with Crippen molar-refractivity contribution in [1.29, 1.82) is 0 Å². The predicted octanol–water partition coefficient (Wildman–Crippen LogP) is 4.38. The van der Waals surface area contributed by atoms with Gasteiger partial charge in [-0.1, -0.05) is 30.7 Å². The summed E-state index contributed by atoms with van der Waals surface area (Å²) in [6, 6.07) is 11.7. The molecule has 1 N–H and O–H groups in total. The van der Waals surface area contributed by atoms with Gasteiger partial charge in [-0.05, 0) is 65.1 Å². The van der Waals surface area contributed by atoms with Gasteiger partial charge in [-0.25, -0.2) is 0 Å². The van der Waals surface area contributed by atoms with Crippen molar-refractivity contribution < 1.29 is 14.3 Å². The van der Waals surface area contributed by atoms with Gasteiger partial charge in [0.15, 0.2) is 0 Å². The number of nitrogens with one attached hydrogen (secondary N) is 1. The summed E-state index contributed by atoms with van der Waals surface area (Å²) in [7, 11) is 3.14. The number of benzene rings is 2. The molecule has 0 bridgehead atoms. The summed E-state index contributed by atoms with van der Waals surface area (Å²) in [6.07, 6.45) is 3.87. The Labute approximate surface area is 175 Å². The average molecular weight is 447 g/mol. The number of nitrogens with zero attached hydrogens (tertiary/aromatic N) is 1. The molecule has 0 radical (unpaired) electrons. The van der Waals surface area contributed by atoms with Crippen molar-refractivity contribution in [2.45, 2.75) is 32.4 Å². The van der Waals surface area contributed by atoms with E-state index in [1.807, 2.05) is 6.07 Å². The molecule has 2 aromatic carbocycles. The molecule has 1 fully saturated rings. The second-order valence-corrected chi connectivity index (χ2v) is 7.78. The van der Waals surface area contributed by atoms with Crippen LogP contribution >= 0.6 is 15.9 Å². The van der Waals surface area contributed by atoms with Crippen LogP contribution in [0.15, 0.2) is 40.9 Å². The highest BCUT2D eigenvalue weighted by Crippen LogP contribution is 2.35. The van der Waals surface area contributed by atoms with Crippen molar-refractivity contribution in [1.82, 2.24) is 10.2 Å². The maximum absolute atomic E-state index is 12.7. The van der Waals surface area contributed by atoms with E-state index < -0.39 is 0 Å². The summed E-state index contributed by atoms with van der Waals surface area (Å²) in [6.45, 7) is 3.73. The lowest BCUT2D eigenvalue weighted by atomic mass is 10.0. The summed E-state index contributed by atoms with van der Waals surface area (Å²) in [5.41, 5.74) is 2.93. The zero-order valence-electron chi connectivity index (χ0n) is 16.5. The molecule has 0 aliphatic carbocycles. The Morgan fingerprint density at radius 3 is 2.25 bits per heavy atom. The van der Waals surface area contributed by atoms with Crippen LogP contribution in [0.2, 0.25) is 0 Å². The number of halogens is 1. The molecule has 0 atom stereocenters. The largest absolute Gasteiger partial charge is 0.495 e. The number of hydrogen-bond acceptors (Lipinski definition) is 4. The lowest BCUT2D eigenvalue weighted by molar-refractivity contribution is 0.0950. The first-order valence-electron chi connectivity index (χ1n) is 9.61. The van der Waals surface area contributed by atoms with Gasteiger partial charge in [0.2, 0.25) is 0 Å². The normalized spacial score (nSPS) is 14.5. The summed E-state index contributed by atoms with van der Waals surface area (Å²) < 4.78 is 11.4. The van der Waals surface area contributed by atoms with Crippen LogP contribution in [-0.2, 0) is 13.1 Å². The first-order chi connectivity index (χ1) is 13.6. The Bertz CT molecular complexity index is 794. The van der Waals surface area contributed by atoms with E-state index in [4.69, 9.17) is 9.47 Å². The topological polar surface area (TPSA) is 50.8 Å². The maximum atomic E-state index is 12.7. The van der Waals surface area contributed by atoms with Gasteiger partial charge >= 0.3 is 0 Å². The van der Waals surface area contributed by atoms with Gasteiger partial charge in [-0.3, -0.25) is 9.69 Å². The summed E-state index contributed by atoms with van der Waals surface area (Å²) in [5, 5.41) is 3.03. The molecule has 6 heteroatoms. The highest BCUT2D eigenvalue weighted by Gasteiger charge is 2.16. The van der Waals surface area contributed by atoms with Gasteiger partial charge in [0.1, 0.15) is 16.0 Å². The van der Waals surface area contributed by atoms with Crippen LogP contribution in [0.4, 0.5) is 0 Å². The van der Waals surface area contributed by atoms with Crippen LogP contribution in [0.25, 0.3) is 0 Å². The molecule has 1 heterocycles. The second kappa shape index (κ2) is 9.94. The molecule has 1 aliphatic heterocycles. The van der Waals surface area contributed by atoms with Gasteiger partial charge in [0, 0.05) is 18.7 Å². The second-order valence-electron chi connectivity index (χ2n) is 6.98. The molecule has 28 heavy (non-hydrogen) atoms. The van der Waals surface area contributed by atoms with Crippen LogP contribution in [-0.4, -0.2) is 38.1 Å². The molecule has 1 amide bonds. The number of piperidine rings is 1. The first-order valence-corrected chi connectivity index (χ1v) is 10.4. The molecule has 0 aromatic heterocycles. The minimum atomic E-state index is -0.156. The third kappa shape index (κ3) is 5.06. The van der Waals surface area contributed by atoms with Crippen molar-refractivity contribution in [3.63, 3.8) is 0 Å². The lowest BCUT2D eigenvalue weighted by Gasteiger charge is -2.27. The fraction of sp³-hybridized carbons (Fsp3) is 0.409. The molecule has 5 nitrogen and oxygen atoms in total. The third-order valence-electron chi connectivity index (χ3n) is 5.11. The van der Waals surface area contributed by atoms with E-state index in [1.54, 1.807) is 26.4 Å². The molecule has 3 rings (SSSR count). The van der Waals surface area contributed by atoms with E-state index >= 15 is 0 Å². The van der Waals surface area contributed by atoms with E-state index in [1.165, 1.54) is 24.8 Å². The Kier molecular flexibility index (Phi) is 7.34. The number of rotatable bonds is 7. The Morgan fingerprint density at radius 2 is 1.64 bits per heavy atom. The van der Waals surface area contributed by atoms with Crippen LogP contribution in [0.5, 0.6) is 11.5 Å². The highest BCUT2D eigenvalue weighted by atomic mass is 79.9. The van der Waals surface area contributed by atoms with Crippen molar-refractivity contribution in [2.24, 2.45) is 0 Å². The molecule has 1 aliphatic rings. The van der Waals surface area contributed by atoms with Crippen molar-refractivity contribution in [3.8, 4) is 11.5 Å². The molecule has 150 valence electrons. The summed E-state index contributed by atoms with van der Waals surface area (Å²) in [4.78, 5) is 15.2. The van der Waals surface area contributed by atoms with Gasteiger partial charge < -0.3 is 14.8 Å². The molecule has 1 saturated heterocycles. The monoisotopic (exact) mass is 446 g/mol. The standard InChI is InChI=1S/C22H27BrN2O3/c1-27-19-12-18(13-20(28-2)21(19)23)22(26)24-14-16-8-4-5-9-17(16)15-25-10-6-3-7-11-25/h4-5,8-9,12-13H,3,6-7,10-11,14-15H2,1-2H3,(H,24,26). The van der Waals surface area contributed by atoms with Crippen LogP contribution in [0.1, 0.15) is 40.7 Å². The van der Waals surface area contributed by atoms with Gasteiger partial charge in [0.05, 0.1) is 14.2 Å². The molecule has 0 saturated carbocycles. The number of methoxy groups -OCH3 is 2. The van der Waals surface area contributed by atoms with Crippen LogP contribution < -0.4 is 14.8 Å². The van der Waals surface area contributed by atoms with E-state index in [-0.39, 0.29) is 5.91 Å². The SMILES string of the molecule is COc1cc(C(=O)NCc2ccccc2CN2CCCCC2)cc(OC)c1Br. The van der Waals surface area contributed by atoms with E-state index in [2.05, 4.69) is 44.3 Å². The molecule has 0 spiro atoms. The zero-order valence-corrected chi connectivity index (χ0v) is 18.0. The number of likely N-dealkylation sites (tertiary alicyclic amines) is 1. The number of hydrogen-bond donors (Lipinski definition) is 1. The Balaban J connectivity index is 1.69. The van der Waals surface area contributed by atoms with Crippen molar-refractivity contribution >= 4 is 21.8 Å². The van der Waals surface area contributed by atoms with E-state index in [0.717, 1.165) is 25.2 Å². The van der Waals surface area contributed by atoms with Gasteiger partial charge in [-0.15, -0.1) is 0 Å². The predicted molar refractivity (Wildman–Crippen MR) is 114 cm³/mol. The van der Waals surface area contributed by atoms with Gasteiger partial charge in [-0.2, -0.15) is 0 Å². The van der Waals surface area contributed by atoms with E-state index in [9.17, 15) is 4.79 Å². The fourth-order valence-electron chi connectivity index (χ4n) is 3.52. The van der Waals surface area contributed by atoms with Gasteiger partial charge in [0.25, 0.3) is 5.91 Å². The summed E-state index contributed by atoms with van der Waals surface area (Å²) >= 11 is 3.43. The maximum Gasteiger partial charge on any atom is 0.251 e. The third-order valence-corrected chi connectivity index (χ3v) is 5.89. The molecular formula is C22H27BrN2O3. The van der Waals surface area contributed by atoms with Crippen LogP contribution in [0, 0.1) is 0 Å². The van der Waals surface area contributed by atoms with Crippen molar-refractivity contribution in [2.75, 3.05) is 27.3 Å². The number of carbonyl (C=O) groups excluding carboxylic acids is 1. The number of carbonyl (C=O) groups is 1. The fourth-order valence-corrected chi connectivity index (χ4v) is 4.07. The zero-order chi connectivity index (χ0) is 19.9. The smallest absolute Gasteiger partial charge is 0.251 e. The average Bonchev–Trinajstić information content (AvgIpc) is 2.73. The van der Waals surface area contributed by atoms with Crippen molar-refractivity contribution in [3.05, 3.63) is 57.6 Å². The Morgan fingerprint density at radius 1 is 1.04 bits per heavy atom. The quantitative estimate of drug-likeness (QED) is 0.685. The molecule has 2 aromatic rings. The first kappa shape index (κ1) is 20.7.